The molecule has 0 unspecified atom stereocenters. The minimum absolute atomic E-state index is 0.0371. The molecule has 5 rings (SSSR count). The molecular formula is C22H25F4N7O. The van der Waals surface area contributed by atoms with Gasteiger partial charge in [0.15, 0.2) is 11.3 Å². The third kappa shape index (κ3) is 4.45. The lowest BCUT2D eigenvalue weighted by Crippen LogP contribution is -2.39. The van der Waals surface area contributed by atoms with E-state index < -0.39 is 23.9 Å². The Hall–Kier alpha value is -3.18. The highest BCUT2D eigenvalue weighted by atomic mass is 19.3. The van der Waals surface area contributed by atoms with Crippen LogP contribution in [0.15, 0.2) is 24.7 Å². The summed E-state index contributed by atoms with van der Waals surface area (Å²) in [5.41, 5.74) is -0.210. The number of anilines is 2. The van der Waals surface area contributed by atoms with E-state index in [1.54, 1.807) is 17.2 Å². The van der Waals surface area contributed by atoms with Gasteiger partial charge in [0, 0.05) is 38.3 Å². The molecular weight excluding hydrogens is 454 g/mol. The number of alkyl halides is 4. The minimum Gasteiger partial charge on any atom is -0.356 e. The standard InChI is InChI=1S/C22H25F4N7O/c23-19(24)18-16(13-33(30-18)14-4-2-1-3-5-14)28-21(34)15-12-27-32-9-6-17(29-20(15)32)31-10-7-22(25,26)8-11-31/h6,9,12-14,19H,1-5,7-8,10-11H2,(H,28,34). The Morgan fingerprint density at radius 2 is 1.88 bits per heavy atom. The molecule has 1 aliphatic heterocycles. The van der Waals surface area contributed by atoms with Crippen LogP contribution in [0.4, 0.5) is 29.1 Å². The number of rotatable bonds is 5. The molecule has 1 saturated heterocycles. The van der Waals surface area contributed by atoms with Crippen molar-refractivity contribution >= 4 is 23.1 Å². The number of piperidine rings is 1. The van der Waals surface area contributed by atoms with Crippen molar-refractivity contribution in [3.63, 3.8) is 0 Å². The van der Waals surface area contributed by atoms with Gasteiger partial charge in [-0.1, -0.05) is 19.3 Å². The number of aromatic nitrogens is 5. The van der Waals surface area contributed by atoms with Crippen LogP contribution in [0.3, 0.4) is 0 Å². The summed E-state index contributed by atoms with van der Waals surface area (Å²) in [5, 5.41) is 10.7. The largest absolute Gasteiger partial charge is 0.356 e. The zero-order valence-corrected chi connectivity index (χ0v) is 18.4. The number of nitrogens with one attached hydrogen (secondary N) is 1. The molecule has 4 heterocycles. The number of fused-ring (bicyclic) bond motifs is 1. The molecule has 182 valence electrons. The first-order valence-corrected chi connectivity index (χ1v) is 11.5. The molecule has 2 aliphatic rings. The lowest BCUT2D eigenvalue weighted by molar-refractivity contribution is -0.0221. The van der Waals surface area contributed by atoms with Crippen molar-refractivity contribution < 1.29 is 22.4 Å². The maximum atomic E-state index is 13.7. The Morgan fingerprint density at radius 1 is 1.15 bits per heavy atom. The van der Waals surface area contributed by atoms with Crippen LogP contribution in [0.25, 0.3) is 5.65 Å². The molecule has 1 N–H and O–H groups in total. The smallest absolute Gasteiger partial charge is 0.284 e. The van der Waals surface area contributed by atoms with Crippen LogP contribution in [0, 0.1) is 0 Å². The zero-order chi connectivity index (χ0) is 23.9. The van der Waals surface area contributed by atoms with E-state index in [4.69, 9.17) is 0 Å². The lowest BCUT2D eigenvalue weighted by Gasteiger charge is -2.32. The summed E-state index contributed by atoms with van der Waals surface area (Å²) in [6, 6.07) is 1.68. The number of carbonyl (C=O) groups excluding carboxylic acids is 1. The third-order valence-corrected chi connectivity index (χ3v) is 6.58. The molecule has 3 aromatic heterocycles. The van der Waals surface area contributed by atoms with Gasteiger partial charge >= 0.3 is 0 Å². The van der Waals surface area contributed by atoms with Crippen LogP contribution in [0.2, 0.25) is 0 Å². The maximum absolute atomic E-state index is 13.7. The Labute approximate surface area is 192 Å². The van der Waals surface area contributed by atoms with Gasteiger partial charge in [-0.25, -0.2) is 27.1 Å². The van der Waals surface area contributed by atoms with Crippen LogP contribution in [0.5, 0.6) is 0 Å². The SMILES string of the molecule is O=C(Nc1cn(C2CCCCC2)nc1C(F)F)c1cnn2ccc(N3CCC(F)(F)CC3)nc12. The fourth-order valence-corrected chi connectivity index (χ4v) is 4.64. The zero-order valence-electron chi connectivity index (χ0n) is 18.4. The van der Waals surface area contributed by atoms with Crippen LogP contribution in [-0.4, -0.2) is 49.3 Å². The second-order valence-electron chi connectivity index (χ2n) is 8.91. The molecule has 3 aromatic rings. The Kier molecular flexibility index (Phi) is 5.90. The van der Waals surface area contributed by atoms with Crippen molar-refractivity contribution in [1.29, 1.82) is 0 Å². The van der Waals surface area contributed by atoms with Crippen LogP contribution >= 0.6 is 0 Å². The molecule has 0 aromatic carbocycles. The first-order chi connectivity index (χ1) is 16.3. The molecule has 1 aliphatic carbocycles. The van der Waals surface area contributed by atoms with Crippen molar-refractivity contribution in [1.82, 2.24) is 24.4 Å². The van der Waals surface area contributed by atoms with Crippen molar-refractivity contribution in [3.05, 3.63) is 35.9 Å². The predicted molar refractivity (Wildman–Crippen MR) is 117 cm³/mol. The van der Waals surface area contributed by atoms with Crippen LogP contribution in [0.1, 0.15) is 73.5 Å². The summed E-state index contributed by atoms with van der Waals surface area (Å²) >= 11 is 0. The molecule has 8 nitrogen and oxygen atoms in total. The van der Waals surface area contributed by atoms with E-state index in [0.717, 1.165) is 32.1 Å². The van der Waals surface area contributed by atoms with E-state index in [1.165, 1.54) is 21.6 Å². The van der Waals surface area contributed by atoms with Gasteiger partial charge < -0.3 is 10.2 Å². The van der Waals surface area contributed by atoms with Crippen molar-refractivity contribution in [2.75, 3.05) is 23.3 Å². The van der Waals surface area contributed by atoms with Gasteiger partial charge in [0.1, 0.15) is 11.4 Å². The number of hydrogen-bond acceptors (Lipinski definition) is 5. The first-order valence-electron chi connectivity index (χ1n) is 11.5. The maximum Gasteiger partial charge on any atom is 0.284 e. The predicted octanol–water partition coefficient (Wildman–Crippen LogP) is 4.86. The van der Waals surface area contributed by atoms with E-state index in [-0.39, 0.29) is 48.9 Å². The summed E-state index contributed by atoms with van der Waals surface area (Å²) in [4.78, 5) is 19.2. The van der Waals surface area contributed by atoms with Crippen molar-refractivity contribution in [2.45, 2.75) is 63.3 Å². The van der Waals surface area contributed by atoms with Gasteiger partial charge in [0.05, 0.1) is 17.9 Å². The topological polar surface area (TPSA) is 80.3 Å². The molecule has 1 amide bonds. The van der Waals surface area contributed by atoms with Gasteiger partial charge in [-0.3, -0.25) is 9.48 Å². The normalized spacial score (nSPS) is 19.1. The lowest BCUT2D eigenvalue weighted by atomic mass is 9.96. The Morgan fingerprint density at radius 3 is 2.59 bits per heavy atom. The Balaban J connectivity index is 1.39. The summed E-state index contributed by atoms with van der Waals surface area (Å²) in [6.45, 7) is 0.286. The summed E-state index contributed by atoms with van der Waals surface area (Å²) in [6.07, 6.45) is 5.85. The van der Waals surface area contributed by atoms with E-state index >= 15 is 0 Å². The molecule has 1 saturated carbocycles. The van der Waals surface area contributed by atoms with Crippen molar-refractivity contribution in [2.24, 2.45) is 0 Å². The minimum atomic E-state index is -2.84. The number of carbonyl (C=O) groups is 1. The van der Waals surface area contributed by atoms with Gasteiger partial charge in [0.25, 0.3) is 18.3 Å². The molecule has 34 heavy (non-hydrogen) atoms. The quantitative estimate of drug-likeness (QED) is 0.529. The fraction of sp³-hybridized carbons (Fsp3) is 0.545. The van der Waals surface area contributed by atoms with Crippen LogP contribution < -0.4 is 10.2 Å². The third-order valence-electron chi connectivity index (χ3n) is 6.58. The number of hydrogen-bond donors (Lipinski definition) is 1. The highest BCUT2D eigenvalue weighted by molar-refractivity contribution is 6.08. The van der Waals surface area contributed by atoms with Gasteiger partial charge in [0.2, 0.25) is 0 Å². The average Bonchev–Trinajstić information content (AvgIpc) is 3.44. The van der Waals surface area contributed by atoms with E-state index in [0.29, 0.717) is 5.82 Å². The van der Waals surface area contributed by atoms with E-state index in [2.05, 4.69) is 20.5 Å². The summed E-state index contributed by atoms with van der Waals surface area (Å²) in [7, 11) is 0. The highest BCUT2D eigenvalue weighted by Gasteiger charge is 2.34. The Bertz CT molecular complexity index is 1180. The highest BCUT2D eigenvalue weighted by Crippen LogP contribution is 2.33. The van der Waals surface area contributed by atoms with E-state index in [9.17, 15) is 22.4 Å². The molecule has 0 radical (unpaired) electrons. The number of nitrogens with zero attached hydrogens (tertiary/aromatic N) is 6. The average molecular weight is 479 g/mol. The molecule has 0 spiro atoms. The molecule has 2 fully saturated rings. The van der Waals surface area contributed by atoms with Gasteiger partial charge in [-0.15, -0.1) is 0 Å². The summed E-state index contributed by atoms with van der Waals surface area (Å²) in [5.74, 6) is -2.88. The molecule has 0 bridgehead atoms. The second-order valence-corrected chi connectivity index (χ2v) is 8.91. The van der Waals surface area contributed by atoms with E-state index in [1.807, 2.05) is 0 Å². The molecule has 0 atom stereocenters. The van der Waals surface area contributed by atoms with Crippen molar-refractivity contribution in [3.8, 4) is 0 Å². The first kappa shape index (κ1) is 22.6. The number of halogens is 4. The van der Waals surface area contributed by atoms with Gasteiger partial charge in [-0.05, 0) is 18.9 Å². The molecule has 12 heteroatoms. The van der Waals surface area contributed by atoms with Gasteiger partial charge in [-0.2, -0.15) is 10.2 Å². The monoisotopic (exact) mass is 479 g/mol. The summed E-state index contributed by atoms with van der Waals surface area (Å²) < 4.78 is 57.2. The second kappa shape index (κ2) is 8.88. The fourth-order valence-electron chi connectivity index (χ4n) is 4.64. The van der Waals surface area contributed by atoms with Crippen LogP contribution in [-0.2, 0) is 0 Å². The number of amides is 1.